The Kier molecular flexibility index (Phi) is 4.56. The summed E-state index contributed by atoms with van der Waals surface area (Å²) in [5, 5.41) is -0.711. The summed E-state index contributed by atoms with van der Waals surface area (Å²) >= 11 is 50.6. The molecule has 2 saturated carbocycles. The van der Waals surface area contributed by atoms with Gasteiger partial charge < -0.3 is 0 Å². The van der Waals surface area contributed by atoms with E-state index in [-0.39, 0.29) is 23.6 Å². The lowest BCUT2D eigenvalue weighted by Crippen LogP contribution is -2.55. The van der Waals surface area contributed by atoms with E-state index in [4.69, 9.17) is 92.8 Å². The molecule has 2 bridgehead atoms. The topological polar surface area (TPSA) is 0 Å². The van der Waals surface area contributed by atoms with Gasteiger partial charge in [-0.25, -0.2) is 0 Å². The highest BCUT2D eigenvalue weighted by Gasteiger charge is 2.84. The summed E-state index contributed by atoms with van der Waals surface area (Å²) in [7, 11) is 0. The molecule has 0 amide bonds. The van der Waals surface area contributed by atoms with E-state index in [2.05, 4.69) is 0 Å². The first-order valence-corrected chi connectivity index (χ1v) is 8.80. The van der Waals surface area contributed by atoms with E-state index >= 15 is 0 Å². The smallest absolute Gasteiger partial charge is 0.126 e. The molecule has 0 heterocycles. The van der Waals surface area contributed by atoms with Crippen molar-refractivity contribution in [3.8, 4) is 0 Å². The Labute approximate surface area is 146 Å². The van der Waals surface area contributed by atoms with Gasteiger partial charge in [0.1, 0.15) is 8.67 Å². The molecule has 0 aromatic rings. The molecule has 0 N–H and O–H groups in total. The second-order valence-electron chi connectivity index (χ2n) is 5.03. The van der Waals surface area contributed by atoms with Gasteiger partial charge in [-0.3, -0.25) is 0 Å². The van der Waals surface area contributed by atoms with Gasteiger partial charge in [-0.2, -0.15) is 0 Å². The third-order valence-corrected chi connectivity index (χ3v) is 8.85. The van der Waals surface area contributed by atoms with Crippen LogP contribution in [0, 0.1) is 16.7 Å². The van der Waals surface area contributed by atoms with Gasteiger partial charge in [0.15, 0.2) is 0 Å². The maximum absolute atomic E-state index is 6.45. The first-order valence-electron chi connectivity index (χ1n) is 5.25. The van der Waals surface area contributed by atoms with E-state index in [1.54, 1.807) is 0 Å². The van der Waals surface area contributed by atoms with E-state index in [0.29, 0.717) is 6.42 Å². The molecule has 3 atom stereocenters. The van der Waals surface area contributed by atoms with Crippen LogP contribution in [-0.2, 0) is 0 Å². The number of hydrogen-bond acceptors (Lipinski definition) is 0. The highest BCUT2D eigenvalue weighted by Crippen LogP contribution is 2.80. The second kappa shape index (κ2) is 4.92. The predicted molar refractivity (Wildman–Crippen MR) is 83.6 cm³/mol. The summed E-state index contributed by atoms with van der Waals surface area (Å²) in [6.07, 6.45) is 0.374. The molecule has 0 saturated heterocycles. The highest BCUT2D eigenvalue weighted by atomic mass is 35.5. The fourth-order valence-corrected chi connectivity index (χ4v) is 8.24. The van der Waals surface area contributed by atoms with Gasteiger partial charge >= 0.3 is 0 Å². The highest BCUT2D eigenvalue weighted by molar-refractivity contribution is 6.56. The molecule has 0 spiro atoms. The molecule has 0 radical (unpaired) electrons. The summed E-state index contributed by atoms with van der Waals surface area (Å²) in [6.45, 7) is 0. The van der Waals surface area contributed by atoms with E-state index in [0.717, 1.165) is 0 Å². The maximum Gasteiger partial charge on any atom is 0.138 e. The van der Waals surface area contributed by atoms with Crippen molar-refractivity contribution in [2.75, 3.05) is 17.6 Å². The summed E-state index contributed by atoms with van der Waals surface area (Å²) in [4.78, 5) is 0. The lowest BCUT2D eigenvalue weighted by Gasteiger charge is -2.47. The molecule has 106 valence electrons. The Balaban J connectivity index is 2.70. The molecular weight excluding hydrogens is 404 g/mol. The largest absolute Gasteiger partial charge is 0.138 e. The van der Waals surface area contributed by atoms with E-state index in [9.17, 15) is 0 Å². The minimum absolute atomic E-state index is 0.102. The molecule has 0 aromatic heterocycles. The van der Waals surface area contributed by atoms with Crippen LogP contribution in [-0.4, -0.2) is 31.7 Å². The van der Waals surface area contributed by atoms with Crippen LogP contribution in [0.3, 0.4) is 0 Å². The number of alkyl halides is 8. The quantitative estimate of drug-likeness (QED) is 0.523. The Morgan fingerprint density at radius 2 is 1.39 bits per heavy atom. The molecule has 2 fully saturated rings. The van der Waals surface area contributed by atoms with Crippen LogP contribution < -0.4 is 0 Å². The summed E-state index contributed by atoms with van der Waals surface area (Å²) in [6, 6.07) is 0. The number of fused-ring (bicyclic) bond motifs is 2. The standard InChI is InChI=1S/C10H10Cl8/c11-2-7(3-12)5-1-9(15,16)8(7,4-13)6(14)10(5,17)18/h5-6H,1-4H2/t5-,6+,8?/m1/s1. The van der Waals surface area contributed by atoms with E-state index in [1.165, 1.54) is 0 Å². The number of hydrogen-bond donors (Lipinski definition) is 0. The molecule has 2 aliphatic carbocycles. The van der Waals surface area contributed by atoms with Crippen LogP contribution in [0.2, 0.25) is 0 Å². The van der Waals surface area contributed by atoms with E-state index < -0.39 is 24.9 Å². The monoisotopic (exact) mass is 410 g/mol. The molecule has 0 nitrogen and oxygen atoms in total. The minimum atomic E-state index is -1.19. The normalized spacial score (nSPS) is 43.3. The molecule has 2 rings (SSSR count). The van der Waals surface area contributed by atoms with Crippen LogP contribution in [0.25, 0.3) is 0 Å². The Morgan fingerprint density at radius 3 is 1.72 bits per heavy atom. The fraction of sp³-hybridized carbons (Fsp3) is 1.00. The summed E-state index contributed by atoms with van der Waals surface area (Å²) in [5.41, 5.74) is -1.58. The first-order chi connectivity index (χ1) is 8.18. The summed E-state index contributed by atoms with van der Waals surface area (Å²) in [5.74, 6) is 0.226. The Morgan fingerprint density at radius 1 is 0.889 bits per heavy atom. The Hall–Kier alpha value is 2.32. The van der Waals surface area contributed by atoms with Gasteiger partial charge in [0.05, 0.1) is 5.38 Å². The van der Waals surface area contributed by atoms with Crippen LogP contribution in [0.1, 0.15) is 6.42 Å². The van der Waals surface area contributed by atoms with Crippen LogP contribution in [0.5, 0.6) is 0 Å². The van der Waals surface area contributed by atoms with Crippen molar-refractivity contribution in [3.05, 3.63) is 0 Å². The first kappa shape index (κ1) is 16.7. The molecule has 18 heavy (non-hydrogen) atoms. The second-order valence-corrected chi connectivity index (χ2v) is 9.19. The third kappa shape index (κ3) is 1.62. The van der Waals surface area contributed by atoms with Crippen molar-refractivity contribution in [2.24, 2.45) is 16.7 Å². The zero-order valence-corrected chi connectivity index (χ0v) is 15.1. The van der Waals surface area contributed by atoms with Crippen molar-refractivity contribution >= 4 is 92.8 Å². The number of rotatable bonds is 3. The zero-order chi connectivity index (χ0) is 14.0. The molecule has 2 aliphatic rings. The van der Waals surface area contributed by atoms with Gasteiger partial charge in [-0.05, 0) is 6.42 Å². The molecular formula is C10H10Cl8. The summed E-state index contributed by atoms with van der Waals surface area (Å²) < 4.78 is -2.32. The lowest BCUT2D eigenvalue weighted by molar-refractivity contribution is 0.160. The van der Waals surface area contributed by atoms with Crippen molar-refractivity contribution in [1.29, 1.82) is 0 Å². The van der Waals surface area contributed by atoms with Crippen LogP contribution >= 0.6 is 92.8 Å². The van der Waals surface area contributed by atoms with Crippen LogP contribution in [0.4, 0.5) is 0 Å². The van der Waals surface area contributed by atoms with Crippen LogP contribution in [0.15, 0.2) is 0 Å². The SMILES string of the molecule is ClCC1(CCl)[C@H]2CC(Cl)(Cl)C1(CCl)[C@H](Cl)C2(Cl)Cl. The van der Waals surface area contributed by atoms with Gasteiger partial charge in [0.25, 0.3) is 0 Å². The third-order valence-electron chi connectivity index (χ3n) is 4.59. The van der Waals surface area contributed by atoms with Crippen molar-refractivity contribution in [2.45, 2.75) is 20.5 Å². The lowest BCUT2D eigenvalue weighted by atomic mass is 9.70. The zero-order valence-electron chi connectivity index (χ0n) is 9.01. The number of halogens is 8. The van der Waals surface area contributed by atoms with Crippen molar-refractivity contribution < 1.29 is 0 Å². The van der Waals surface area contributed by atoms with Crippen molar-refractivity contribution in [1.82, 2.24) is 0 Å². The average molecular weight is 414 g/mol. The Bertz CT molecular complexity index is 350. The predicted octanol–water partition coefficient (Wildman–Crippen LogP) is 5.66. The van der Waals surface area contributed by atoms with Crippen molar-refractivity contribution in [3.63, 3.8) is 0 Å². The van der Waals surface area contributed by atoms with E-state index in [1.807, 2.05) is 0 Å². The molecule has 1 unspecified atom stereocenters. The fourth-order valence-electron chi connectivity index (χ4n) is 3.52. The maximum atomic E-state index is 6.45. The van der Waals surface area contributed by atoms with Gasteiger partial charge in [0, 0.05) is 34.4 Å². The molecule has 0 aromatic carbocycles. The molecule has 8 heteroatoms. The van der Waals surface area contributed by atoms with Gasteiger partial charge in [0.2, 0.25) is 0 Å². The molecule has 0 aliphatic heterocycles. The van der Waals surface area contributed by atoms with Gasteiger partial charge in [-0.1, -0.05) is 23.2 Å². The van der Waals surface area contributed by atoms with Gasteiger partial charge in [-0.15, -0.1) is 69.6 Å². The average Bonchev–Trinajstić information content (AvgIpc) is 2.60. The minimum Gasteiger partial charge on any atom is -0.126 e.